The molecule has 0 aromatic rings. The lowest BCUT2D eigenvalue weighted by Gasteiger charge is -2.20. The highest BCUT2D eigenvalue weighted by Gasteiger charge is 2.29. The molecule has 2 fully saturated rings. The standard InChI is InChI=1S/C13H20N2O4/c1-9(10-3-2-8-19-10)14-11(16)6-7-15-12(17)4-5-13(15)18/h9-10H,2-8H2,1H3,(H,14,16)/t9-,10+/m1/s1. The van der Waals surface area contributed by atoms with Gasteiger partial charge in [-0.25, -0.2) is 0 Å². The summed E-state index contributed by atoms with van der Waals surface area (Å²) >= 11 is 0. The summed E-state index contributed by atoms with van der Waals surface area (Å²) in [7, 11) is 0. The molecular weight excluding hydrogens is 248 g/mol. The first-order valence-electron chi connectivity index (χ1n) is 6.82. The molecule has 2 heterocycles. The number of carbonyl (C=O) groups excluding carboxylic acids is 3. The van der Waals surface area contributed by atoms with Crippen molar-refractivity contribution in [2.75, 3.05) is 13.2 Å². The predicted octanol–water partition coefficient (Wildman–Crippen LogP) is 0.209. The Morgan fingerprint density at radius 2 is 2.11 bits per heavy atom. The molecule has 0 spiro atoms. The number of carbonyl (C=O) groups is 3. The molecule has 0 aromatic heterocycles. The van der Waals surface area contributed by atoms with Gasteiger partial charge in [0, 0.05) is 32.4 Å². The van der Waals surface area contributed by atoms with Gasteiger partial charge in [-0.1, -0.05) is 0 Å². The smallest absolute Gasteiger partial charge is 0.229 e. The summed E-state index contributed by atoms with van der Waals surface area (Å²) in [6.07, 6.45) is 2.78. The zero-order valence-electron chi connectivity index (χ0n) is 11.2. The second-order valence-electron chi connectivity index (χ2n) is 5.10. The zero-order valence-corrected chi connectivity index (χ0v) is 11.2. The molecule has 2 atom stereocenters. The Bertz CT molecular complexity index is 361. The van der Waals surface area contributed by atoms with Crippen molar-refractivity contribution in [3.63, 3.8) is 0 Å². The van der Waals surface area contributed by atoms with Crippen LogP contribution >= 0.6 is 0 Å². The first-order chi connectivity index (χ1) is 9.08. The van der Waals surface area contributed by atoms with Gasteiger partial charge in [-0.2, -0.15) is 0 Å². The molecule has 0 bridgehead atoms. The van der Waals surface area contributed by atoms with Gasteiger partial charge >= 0.3 is 0 Å². The Kier molecular flexibility index (Phi) is 4.52. The molecule has 19 heavy (non-hydrogen) atoms. The summed E-state index contributed by atoms with van der Waals surface area (Å²) in [5, 5.41) is 2.86. The van der Waals surface area contributed by atoms with Crippen molar-refractivity contribution in [2.24, 2.45) is 0 Å². The Morgan fingerprint density at radius 1 is 1.42 bits per heavy atom. The lowest BCUT2D eigenvalue weighted by molar-refractivity contribution is -0.138. The Hall–Kier alpha value is -1.43. The summed E-state index contributed by atoms with van der Waals surface area (Å²) in [6, 6.07) is -0.0278. The highest BCUT2D eigenvalue weighted by atomic mass is 16.5. The van der Waals surface area contributed by atoms with Gasteiger partial charge < -0.3 is 10.1 Å². The summed E-state index contributed by atoms with van der Waals surface area (Å²) in [4.78, 5) is 35.7. The van der Waals surface area contributed by atoms with Gasteiger partial charge in [0.05, 0.1) is 12.1 Å². The van der Waals surface area contributed by atoms with E-state index in [1.54, 1.807) is 0 Å². The third kappa shape index (κ3) is 3.53. The molecule has 2 rings (SSSR count). The van der Waals surface area contributed by atoms with E-state index in [0.29, 0.717) is 0 Å². The van der Waals surface area contributed by atoms with Crippen LogP contribution in [0, 0.1) is 0 Å². The average molecular weight is 268 g/mol. The summed E-state index contributed by atoms with van der Waals surface area (Å²) in [6.45, 7) is 2.85. The van der Waals surface area contributed by atoms with Crippen LogP contribution in [0.5, 0.6) is 0 Å². The van der Waals surface area contributed by atoms with E-state index >= 15 is 0 Å². The minimum absolute atomic E-state index is 0.0278. The molecule has 6 heteroatoms. The highest BCUT2D eigenvalue weighted by Crippen LogP contribution is 2.15. The number of likely N-dealkylation sites (tertiary alicyclic amines) is 1. The van der Waals surface area contributed by atoms with Gasteiger partial charge in [-0.3, -0.25) is 19.3 Å². The number of nitrogens with one attached hydrogen (secondary N) is 1. The van der Waals surface area contributed by atoms with E-state index < -0.39 is 0 Å². The second-order valence-corrected chi connectivity index (χ2v) is 5.10. The van der Waals surface area contributed by atoms with Crippen LogP contribution in [0.3, 0.4) is 0 Å². The van der Waals surface area contributed by atoms with Crippen LogP contribution in [0.2, 0.25) is 0 Å². The molecule has 0 unspecified atom stereocenters. The van der Waals surface area contributed by atoms with Crippen molar-refractivity contribution >= 4 is 17.7 Å². The van der Waals surface area contributed by atoms with Crippen LogP contribution in [0.1, 0.15) is 39.0 Å². The van der Waals surface area contributed by atoms with Crippen molar-refractivity contribution in [3.05, 3.63) is 0 Å². The van der Waals surface area contributed by atoms with Crippen molar-refractivity contribution < 1.29 is 19.1 Å². The topological polar surface area (TPSA) is 75.7 Å². The molecular formula is C13H20N2O4. The number of hydrogen-bond donors (Lipinski definition) is 1. The van der Waals surface area contributed by atoms with E-state index in [1.807, 2.05) is 6.92 Å². The van der Waals surface area contributed by atoms with Crippen LogP contribution in [0.25, 0.3) is 0 Å². The molecule has 2 saturated heterocycles. The maximum absolute atomic E-state index is 11.8. The first-order valence-corrected chi connectivity index (χ1v) is 6.82. The first kappa shape index (κ1) is 14.0. The van der Waals surface area contributed by atoms with Crippen LogP contribution in [0.15, 0.2) is 0 Å². The monoisotopic (exact) mass is 268 g/mol. The third-order valence-electron chi connectivity index (χ3n) is 3.63. The number of imide groups is 1. The Labute approximate surface area is 112 Å². The highest BCUT2D eigenvalue weighted by molar-refractivity contribution is 6.02. The number of nitrogens with zero attached hydrogens (tertiary/aromatic N) is 1. The SMILES string of the molecule is C[C@@H](NC(=O)CCN1C(=O)CCC1=O)[C@@H]1CCCO1. The normalized spacial score (nSPS) is 24.9. The zero-order chi connectivity index (χ0) is 13.8. The number of hydrogen-bond acceptors (Lipinski definition) is 4. The van der Waals surface area contributed by atoms with Crippen molar-refractivity contribution in [3.8, 4) is 0 Å². The fraction of sp³-hybridized carbons (Fsp3) is 0.769. The molecule has 6 nitrogen and oxygen atoms in total. The van der Waals surface area contributed by atoms with Crippen LogP contribution in [-0.4, -0.2) is 47.9 Å². The van der Waals surface area contributed by atoms with Gasteiger partial charge in [0.15, 0.2) is 0 Å². The van der Waals surface area contributed by atoms with Crippen LogP contribution in [0.4, 0.5) is 0 Å². The Balaban J connectivity index is 1.72. The van der Waals surface area contributed by atoms with E-state index in [2.05, 4.69) is 5.32 Å². The molecule has 0 radical (unpaired) electrons. The minimum atomic E-state index is -0.176. The van der Waals surface area contributed by atoms with Crippen molar-refractivity contribution in [1.82, 2.24) is 10.2 Å². The number of rotatable bonds is 5. The fourth-order valence-electron chi connectivity index (χ4n) is 2.50. The maximum Gasteiger partial charge on any atom is 0.229 e. The summed E-state index contributed by atoms with van der Waals surface area (Å²) in [5.74, 6) is -0.495. The fourth-order valence-corrected chi connectivity index (χ4v) is 2.50. The van der Waals surface area contributed by atoms with Gasteiger partial charge in [0.2, 0.25) is 17.7 Å². The van der Waals surface area contributed by atoms with Crippen molar-refractivity contribution in [2.45, 2.75) is 51.2 Å². The predicted molar refractivity (Wildman–Crippen MR) is 67.1 cm³/mol. The number of ether oxygens (including phenoxy) is 1. The number of amides is 3. The molecule has 3 amide bonds. The van der Waals surface area contributed by atoms with E-state index in [9.17, 15) is 14.4 Å². The van der Waals surface area contributed by atoms with E-state index in [0.717, 1.165) is 19.4 Å². The van der Waals surface area contributed by atoms with Gasteiger partial charge in [0.1, 0.15) is 0 Å². The summed E-state index contributed by atoms with van der Waals surface area (Å²) in [5.41, 5.74) is 0. The average Bonchev–Trinajstić information content (AvgIpc) is 2.98. The molecule has 0 aliphatic carbocycles. The van der Waals surface area contributed by atoms with Crippen molar-refractivity contribution in [1.29, 1.82) is 0 Å². The molecule has 106 valence electrons. The van der Waals surface area contributed by atoms with Crippen LogP contribution in [-0.2, 0) is 19.1 Å². The van der Waals surface area contributed by atoms with E-state index in [4.69, 9.17) is 4.74 Å². The molecule has 1 N–H and O–H groups in total. The second kappa shape index (κ2) is 6.14. The van der Waals surface area contributed by atoms with Gasteiger partial charge in [-0.05, 0) is 19.8 Å². The quantitative estimate of drug-likeness (QED) is 0.723. The van der Waals surface area contributed by atoms with Gasteiger partial charge in [-0.15, -0.1) is 0 Å². The summed E-state index contributed by atoms with van der Waals surface area (Å²) < 4.78 is 5.49. The lowest BCUT2D eigenvalue weighted by Crippen LogP contribution is -2.42. The third-order valence-corrected chi connectivity index (χ3v) is 3.63. The van der Waals surface area contributed by atoms with E-state index in [-0.39, 0.29) is 55.7 Å². The minimum Gasteiger partial charge on any atom is -0.376 e. The van der Waals surface area contributed by atoms with Gasteiger partial charge in [0.25, 0.3) is 0 Å². The molecule has 2 aliphatic heterocycles. The molecule has 0 aromatic carbocycles. The Morgan fingerprint density at radius 3 is 2.68 bits per heavy atom. The largest absolute Gasteiger partial charge is 0.376 e. The lowest BCUT2D eigenvalue weighted by atomic mass is 10.1. The molecule has 0 saturated carbocycles. The van der Waals surface area contributed by atoms with Crippen LogP contribution < -0.4 is 5.32 Å². The van der Waals surface area contributed by atoms with E-state index in [1.165, 1.54) is 4.90 Å². The maximum atomic E-state index is 11.8. The molecule has 2 aliphatic rings.